The number of nitrogens with one attached hydrogen (secondary N) is 1. The first-order chi connectivity index (χ1) is 12.0. The summed E-state index contributed by atoms with van der Waals surface area (Å²) < 4.78 is 14.7. The van der Waals surface area contributed by atoms with Gasteiger partial charge in [-0.05, 0) is 50.2 Å². The van der Waals surface area contributed by atoms with Crippen molar-refractivity contribution in [1.82, 2.24) is 4.90 Å². The molecule has 2 N–H and O–H groups in total. The first-order valence-electron chi connectivity index (χ1n) is 8.28. The molecule has 1 heterocycles. The molecule has 2 aromatic rings. The number of hydrogen-bond acceptors (Lipinski definition) is 3. The van der Waals surface area contributed by atoms with Crippen LogP contribution in [-0.4, -0.2) is 29.0 Å². The first kappa shape index (κ1) is 17.9. The molecule has 3 rings (SSSR count). The molecule has 0 aromatic heterocycles. The molecule has 132 valence electrons. The maximum absolute atomic E-state index is 13.9. The minimum atomic E-state index is -0.214. The smallest absolute Gasteiger partial charge is 0.227 e. The molecular weight excluding hydrogens is 387 g/mol. The van der Waals surface area contributed by atoms with Crippen LogP contribution >= 0.6 is 15.9 Å². The number of piperidine rings is 1. The van der Waals surface area contributed by atoms with E-state index in [2.05, 4.69) is 26.1 Å². The Kier molecular flexibility index (Phi) is 5.71. The Labute approximate surface area is 154 Å². The van der Waals surface area contributed by atoms with Gasteiger partial charge < -0.3 is 10.4 Å². The fourth-order valence-electron chi connectivity index (χ4n) is 3.06. The summed E-state index contributed by atoms with van der Waals surface area (Å²) in [6.07, 6.45) is 1.44. The molecule has 0 saturated carbocycles. The topological polar surface area (TPSA) is 52.6 Å². The lowest BCUT2D eigenvalue weighted by atomic mass is 9.95. The minimum absolute atomic E-state index is 0.0685. The second-order valence-corrected chi connectivity index (χ2v) is 7.21. The maximum Gasteiger partial charge on any atom is 0.227 e. The Hall–Kier alpha value is -1.92. The van der Waals surface area contributed by atoms with E-state index in [1.807, 2.05) is 6.07 Å². The van der Waals surface area contributed by atoms with E-state index in [1.54, 1.807) is 30.3 Å². The number of hydrogen-bond donors (Lipinski definition) is 2. The molecule has 2 aromatic carbocycles. The molecule has 1 fully saturated rings. The zero-order chi connectivity index (χ0) is 17.8. The van der Waals surface area contributed by atoms with Crippen molar-refractivity contribution in [3.8, 4) is 5.75 Å². The van der Waals surface area contributed by atoms with Crippen LogP contribution in [0.25, 0.3) is 0 Å². The van der Waals surface area contributed by atoms with Crippen molar-refractivity contribution in [2.24, 2.45) is 5.92 Å². The molecule has 6 heteroatoms. The molecular formula is C19H20BrFN2O2. The van der Waals surface area contributed by atoms with E-state index in [-0.39, 0.29) is 23.4 Å². The van der Waals surface area contributed by atoms with Crippen LogP contribution in [0.3, 0.4) is 0 Å². The predicted octanol–water partition coefficient (Wildman–Crippen LogP) is 4.14. The standard InChI is InChI=1S/C19H20BrFN2O2/c20-15-6-5-14(16(21)11-15)12-23-9-7-13(8-10-23)19(25)22-17-3-1-2-4-18(17)24/h1-6,11,13,24H,7-10,12H2,(H,22,25). The normalized spacial score (nSPS) is 15.9. The van der Waals surface area contributed by atoms with Crippen molar-refractivity contribution >= 4 is 27.5 Å². The summed E-state index contributed by atoms with van der Waals surface area (Å²) in [5.41, 5.74) is 1.10. The molecule has 0 bridgehead atoms. The number of halogens is 2. The third-order valence-corrected chi connectivity index (χ3v) is 5.02. The molecule has 0 unspecified atom stereocenters. The summed E-state index contributed by atoms with van der Waals surface area (Å²) in [7, 11) is 0. The van der Waals surface area contributed by atoms with Gasteiger partial charge in [0.05, 0.1) is 5.69 Å². The van der Waals surface area contributed by atoms with Gasteiger partial charge in [0, 0.05) is 22.5 Å². The molecule has 0 spiro atoms. The van der Waals surface area contributed by atoms with Crippen LogP contribution in [-0.2, 0) is 11.3 Å². The van der Waals surface area contributed by atoms with Gasteiger partial charge in [-0.2, -0.15) is 0 Å². The molecule has 1 aliphatic heterocycles. The highest BCUT2D eigenvalue weighted by atomic mass is 79.9. The Morgan fingerprint density at radius 2 is 1.96 bits per heavy atom. The second-order valence-electron chi connectivity index (χ2n) is 6.29. The lowest BCUT2D eigenvalue weighted by Gasteiger charge is -2.31. The number of carbonyl (C=O) groups excluding carboxylic acids is 1. The summed E-state index contributed by atoms with van der Waals surface area (Å²) in [5.74, 6) is -0.311. The van der Waals surface area contributed by atoms with Crippen LogP contribution in [0.1, 0.15) is 18.4 Å². The van der Waals surface area contributed by atoms with Gasteiger partial charge in [-0.25, -0.2) is 4.39 Å². The first-order valence-corrected chi connectivity index (χ1v) is 9.07. The third kappa shape index (κ3) is 4.58. The van der Waals surface area contributed by atoms with E-state index < -0.39 is 0 Å². The number of phenolic OH excluding ortho intramolecular Hbond substituents is 1. The van der Waals surface area contributed by atoms with Crippen LogP contribution < -0.4 is 5.32 Å². The second kappa shape index (κ2) is 7.97. The summed E-state index contributed by atoms with van der Waals surface area (Å²) in [5, 5.41) is 12.5. The van der Waals surface area contributed by atoms with Crippen LogP contribution in [0.5, 0.6) is 5.75 Å². The Bertz CT molecular complexity index is 761. The number of para-hydroxylation sites is 2. The van der Waals surface area contributed by atoms with Gasteiger partial charge in [-0.15, -0.1) is 0 Å². The third-order valence-electron chi connectivity index (χ3n) is 4.53. The summed E-state index contributed by atoms with van der Waals surface area (Å²) >= 11 is 3.26. The largest absolute Gasteiger partial charge is 0.506 e. The molecule has 1 aliphatic rings. The van der Waals surface area contributed by atoms with Gasteiger partial charge in [-0.1, -0.05) is 34.1 Å². The number of aromatic hydroxyl groups is 1. The Morgan fingerprint density at radius 3 is 2.64 bits per heavy atom. The van der Waals surface area contributed by atoms with Gasteiger partial charge in [0.2, 0.25) is 5.91 Å². The van der Waals surface area contributed by atoms with E-state index in [0.29, 0.717) is 17.8 Å². The fourth-order valence-corrected chi connectivity index (χ4v) is 3.39. The van der Waals surface area contributed by atoms with Gasteiger partial charge in [0.1, 0.15) is 11.6 Å². The number of benzene rings is 2. The summed E-state index contributed by atoms with van der Waals surface area (Å²) in [6, 6.07) is 11.8. The molecule has 0 aliphatic carbocycles. The number of phenols is 1. The number of carbonyl (C=O) groups is 1. The van der Waals surface area contributed by atoms with Crippen molar-refractivity contribution in [3.63, 3.8) is 0 Å². The van der Waals surface area contributed by atoms with Crippen molar-refractivity contribution in [1.29, 1.82) is 0 Å². The summed E-state index contributed by atoms with van der Waals surface area (Å²) in [4.78, 5) is 14.5. The van der Waals surface area contributed by atoms with Crippen LogP contribution in [0, 0.1) is 11.7 Å². The average molecular weight is 407 g/mol. The van der Waals surface area contributed by atoms with Gasteiger partial charge in [-0.3, -0.25) is 9.69 Å². The quantitative estimate of drug-likeness (QED) is 0.749. The van der Waals surface area contributed by atoms with Crippen molar-refractivity contribution in [2.45, 2.75) is 19.4 Å². The molecule has 25 heavy (non-hydrogen) atoms. The van der Waals surface area contributed by atoms with Gasteiger partial charge >= 0.3 is 0 Å². The van der Waals surface area contributed by atoms with E-state index in [1.165, 1.54) is 6.07 Å². The number of anilines is 1. The molecule has 0 radical (unpaired) electrons. The monoisotopic (exact) mass is 406 g/mol. The zero-order valence-corrected chi connectivity index (χ0v) is 15.3. The Morgan fingerprint density at radius 1 is 1.24 bits per heavy atom. The van der Waals surface area contributed by atoms with Crippen molar-refractivity contribution in [3.05, 3.63) is 58.3 Å². The fraction of sp³-hybridized carbons (Fsp3) is 0.316. The van der Waals surface area contributed by atoms with E-state index in [0.717, 1.165) is 30.4 Å². The number of amides is 1. The van der Waals surface area contributed by atoms with Crippen LogP contribution in [0.4, 0.5) is 10.1 Å². The van der Waals surface area contributed by atoms with Gasteiger partial charge in [0.15, 0.2) is 0 Å². The van der Waals surface area contributed by atoms with Gasteiger partial charge in [0.25, 0.3) is 0 Å². The van der Waals surface area contributed by atoms with Crippen molar-refractivity contribution in [2.75, 3.05) is 18.4 Å². The highest BCUT2D eigenvalue weighted by Gasteiger charge is 2.25. The molecule has 0 atom stereocenters. The van der Waals surface area contributed by atoms with Crippen molar-refractivity contribution < 1.29 is 14.3 Å². The number of rotatable bonds is 4. The lowest BCUT2D eigenvalue weighted by molar-refractivity contribution is -0.121. The van der Waals surface area contributed by atoms with Crippen LogP contribution in [0.2, 0.25) is 0 Å². The highest BCUT2D eigenvalue weighted by molar-refractivity contribution is 9.10. The number of likely N-dealkylation sites (tertiary alicyclic amines) is 1. The molecule has 4 nitrogen and oxygen atoms in total. The number of nitrogens with zero attached hydrogens (tertiary/aromatic N) is 1. The maximum atomic E-state index is 13.9. The minimum Gasteiger partial charge on any atom is -0.506 e. The van der Waals surface area contributed by atoms with E-state index >= 15 is 0 Å². The zero-order valence-electron chi connectivity index (χ0n) is 13.7. The predicted molar refractivity (Wildman–Crippen MR) is 98.8 cm³/mol. The van der Waals surface area contributed by atoms with E-state index in [9.17, 15) is 14.3 Å². The lowest BCUT2D eigenvalue weighted by Crippen LogP contribution is -2.37. The SMILES string of the molecule is O=C(Nc1ccccc1O)C1CCN(Cc2ccc(Br)cc2F)CC1. The molecule has 1 saturated heterocycles. The summed E-state index contributed by atoms with van der Waals surface area (Å²) in [6.45, 7) is 2.04. The van der Waals surface area contributed by atoms with E-state index in [4.69, 9.17) is 0 Å². The van der Waals surface area contributed by atoms with Crippen LogP contribution in [0.15, 0.2) is 46.9 Å². The Balaban J connectivity index is 1.53. The average Bonchev–Trinajstić information content (AvgIpc) is 2.60. The highest BCUT2D eigenvalue weighted by Crippen LogP contribution is 2.26. The molecule has 1 amide bonds.